The molecule has 2 aliphatic rings. The summed E-state index contributed by atoms with van der Waals surface area (Å²) in [5.74, 6) is 0. The highest BCUT2D eigenvalue weighted by atomic mass is 32.2. The molecule has 0 radical (unpaired) electrons. The smallest absolute Gasteiger partial charge is 0.243 e. The van der Waals surface area contributed by atoms with Crippen molar-refractivity contribution in [2.75, 3.05) is 39.3 Å². The van der Waals surface area contributed by atoms with Crippen LogP contribution in [-0.4, -0.2) is 62.9 Å². The van der Waals surface area contributed by atoms with Crippen LogP contribution in [0.15, 0.2) is 29.2 Å². The van der Waals surface area contributed by atoms with Crippen molar-refractivity contribution in [3.05, 3.63) is 29.8 Å². The summed E-state index contributed by atoms with van der Waals surface area (Å²) in [5.41, 5.74) is 0.706. The SMILES string of the molecule is CC(C)(C)c1ccccc1S(=O)(=O)N1CCC(N2CCNCC2)C1. The first-order valence-electron chi connectivity index (χ1n) is 8.84. The molecule has 0 spiro atoms. The lowest BCUT2D eigenvalue weighted by Gasteiger charge is -2.32. The Kier molecular flexibility index (Phi) is 5.02. The fourth-order valence-corrected chi connectivity index (χ4v) is 5.62. The Hall–Kier alpha value is -0.950. The Morgan fingerprint density at radius 3 is 2.42 bits per heavy atom. The molecule has 0 amide bonds. The van der Waals surface area contributed by atoms with Crippen LogP contribution in [0.1, 0.15) is 32.8 Å². The first-order valence-corrected chi connectivity index (χ1v) is 10.3. The monoisotopic (exact) mass is 351 g/mol. The van der Waals surface area contributed by atoms with Gasteiger partial charge in [0.15, 0.2) is 0 Å². The maximum atomic E-state index is 13.2. The van der Waals surface area contributed by atoms with E-state index < -0.39 is 10.0 Å². The van der Waals surface area contributed by atoms with Gasteiger partial charge in [0.2, 0.25) is 10.0 Å². The largest absolute Gasteiger partial charge is 0.314 e. The Morgan fingerprint density at radius 2 is 1.75 bits per heavy atom. The molecule has 0 bridgehead atoms. The molecular weight excluding hydrogens is 322 g/mol. The number of hydrogen-bond donors (Lipinski definition) is 1. The summed E-state index contributed by atoms with van der Waals surface area (Å²) in [5, 5.41) is 3.36. The quantitative estimate of drug-likeness (QED) is 0.900. The Balaban J connectivity index is 1.82. The fourth-order valence-electron chi connectivity index (χ4n) is 3.72. The Labute approximate surface area is 146 Å². The topological polar surface area (TPSA) is 52.7 Å². The molecule has 0 aliphatic carbocycles. The molecule has 2 fully saturated rings. The molecule has 134 valence electrons. The second-order valence-electron chi connectivity index (χ2n) is 7.84. The van der Waals surface area contributed by atoms with Gasteiger partial charge in [0.25, 0.3) is 0 Å². The summed E-state index contributed by atoms with van der Waals surface area (Å²) >= 11 is 0. The lowest BCUT2D eigenvalue weighted by atomic mass is 9.87. The molecular formula is C18H29N3O2S. The molecule has 2 saturated heterocycles. The van der Waals surface area contributed by atoms with Gasteiger partial charge < -0.3 is 5.32 Å². The van der Waals surface area contributed by atoms with Crippen LogP contribution in [0.25, 0.3) is 0 Å². The van der Waals surface area contributed by atoms with E-state index in [1.165, 1.54) is 0 Å². The van der Waals surface area contributed by atoms with E-state index in [0.717, 1.165) is 38.2 Å². The van der Waals surface area contributed by atoms with Gasteiger partial charge in [-0.3, -0.25) is 4.90 Å². The van der Waals surface area contributed by atoms with Crippen LogP contribution in [0.2, 0.25) is 0 Å². The number of sulfonamides is 1. The van der Waals surface area contributed by atoms with Crippen molar-refractivity contribution in [1.29, 1.82) is 0 Å². The molecule has 3 rings (SSSR count). The van der Waals surface area contributed by atoms with Gasteiger partial charge in [0.1, 0.15) is 0 Å². The van der Waals surface area contributed by atoms with Gasteiger partial charge in [-0.05, 0) is 23.5 Å². The van der Waals surface area contributed by atoms with Crippen molar-refractivity contribution >= 4 is 10.0 Å². The summed E-state index contributed by atoms with van der Waals surface area (Å²) in [6.07, 6.45) is 0.927. The molecule has 1 aromatic rings. The molecule has 1 aromatic carbocycles. The third-order valence-corrected chi connectivity index (χ3v) is 7.03. The van der Waals surface area contributed by atoms with E-state index in [0.29, 0.717) is 24.0 Å². The predicted octanol–water partition coefficient (Wildman–Crippen LogP) is 1.65. The van der Waals surface area contributed by atoms with Crippen LogP contribution in [0, 0.1) is 0 Å². The van der Waals surface area contributed by atoms with Gasteiger partial charge in [0.05, 0.1) is 4.90 Å². The van der Waals surface area contributed by atoms with Crippen LogP contribution >= 0.6 is 0 Å². The van der Waals surface area contributed by atoms with E-state index in [9.17, 15) is 8.42 Å². The van der Waals surface area contributed by atoms with Crippen molar-refractivity contribution in [1.82, 2.24) is 14.5 Å². The van der Waals surface area contributed by atoms with Gasteiger partial charge >= 0.3 is 0 Å². The zero-order chi connectivity index (χ0) is 17.4. The van der Waals surface area contributed by atoms with Crippen LogP contribution in [0.5, 0.6) is 0 Å². The first-order chi connectivity index (χ1) is 11.3. The standard InChI is InChI=1S/C18H29N3O2S/c1-18(2,3)16-6-4-5-7-17(16)24(22,23)21-11-8-15(14-21)20-12-9-19-10-13-20/h4-7,15,19H,8-14H2,1-3H3. The number of rotatable bonds is 3. The predicted molar refractivity (Wildman–Crippen MR) is 96.7 cm³/mol. The van der Waals surface area contributed by atoms with Gasteiger partial charge in [-0.25, -0.2) is 8.42 Å². The van der Waals surface area contributed by atoms with Gasteiger partial charge in [-0.15, -0.1) is 0 Å². The Morgan fingerprint density at radius 1 is 1.08 bits per heavy atom. The summed E-state index contributed by atoms with van der Waals surface area (Å²) in [6.45, 7) is 11.4. The third-order valence-electron chi connectivity index (χ3n) is 5.11. The molecule has 1 unspecified atom stereocenters. The molecule has 1 atom stereocenters. The normalized spacial score (nSPS) is 24.4. The number of hydrogen-bond acceptors (Lipinski definition) is 4. The van der Waals surface area contributed by atoms with Gasteiger partial charge in [0, 0.05) is 45.3 Å². The lowest BCUT2D eigenvalue weighted by molar-refractivity contribution is 0.179. The molecule has 2 heterocycles. The van der Waals surface area contributed by atoms with Crippen molar-refractivity contribution in [2.24, 2.45) is 0 Å². The number of piperazine rings is 1. The van der Waals surface area contributed by atoms with Crippen molar-refractivity contribution < 1.29 is 8.42 Å². The van der Waals surface area contributed by atoms with Crippen LogP contribution in [0.4, 0.5) is 0 Å². The summed E-state index contributed by atoms with van der Waals surface area (Å²) in [7, 11) is -3.43. The lowest BCUT2D eigenvalue weighted by Crippen LogP contribution is -2.49. The van der Waals surface area contributed by atoms with Crippen molar-refractivity contribution in [3.8, 4) is 0 Å². The fraction of sp³-hybridized carbons (Fsp3) is 0.667. The maximum absolute atomic E-state index is 13.2. The molecule has 6 heteroatoms. The summed E-state index contributed by atoms with van der Waals surface area (Å²) in [6, 6.07) is 7.80. The molecule has 2 aliphatic heterocycles. The summed E-state index contributed by atoms with van der Waals surface area (Å²) in [4.78, 5) is 2.90. The highest BCUT2D eigenvalue weighted by Gasteiger charge is 2.37. The first kappa shape index (κ1) is 17.9. The van der Waals surface area contributed by atoms with Crippen molar-refractivity contribution in [3.63, 3.8) is 0 Å². The second kappa shape index (κ2) is 6.75. The van der Waals surface area contributed by atoms with Crippen LogP contribution in [0.3, 0.4) is 0 Å². The van der Waals surface area contributed by atoms with Gasteiger partial charge in [-0.1, -0.05) is 39.0 Å². The Bertz CT molecular complexity index is 676. The van der Waals surface area contributed by atoms with Crippen molar-refractivity contribution in [2.45, 2.75) is 43.5 Å². The maximum Gasteiger partial charge on any atom is 0.243 e. The molecule has 24 heavy (non-hydrogen) atoms. The second-order valence-corrected chi connectivity index (χ2v) is 9.74. The minimum absolute atomic E-state index is 0.193. The highest BCUT2D eigenvalue weighted by Crippen LogP contribution is 2.32. The average Bonchev–Trinajstić information content (AvgIpc) is 3.06. The van der Waals surface area contributed by atoms with E-state index in [4.69, 9.17) is 0 Å². The van der Waals surface area contributed by atoms with Gasteiger partial charge in [-0.2, -0.15) is 4.31 Å². The molecule has 1 N–H and O–H groups in total. The molecule has 0 saturated carbocycles. The minimum Gasteiger partial charge on any atom is -0.314 e. The number of nitrogens with one attached hydrogen (secondary N) is 1. The summed E-state index contributed by atoms with van der Waals surface area (Å²) < 4.78 is 28.1. The molecule has 0 aromatic heterocycles. The number of benzene rings is 1. The zero-order valence-corrected chi connectivity index (χ0v) is 15.8. The average molecular weight is 352 g/mol. The van der Waals surface area contributed by atoms with E-state index >= 15 is 0 Å². The number of nitrogens with zero attached hydrogens (tertiary/aromatic N) is 2. The van der Waals surface area contributed by atoms with E-state index in [1.54, 1.807) is 10.4 Å². The third kappa shape index (κ3) is 3.52. The highest BCUT2D eigenvalue weighted by molar-refractivity contribution is 7.89. The zero-order valence-electron chi connectivity index (χ0n) is 15.0. The molecule has 5 nitrogen and oxygen atoms in total. The minimum atomic E-state index is -3.43. The van der Waals surface area contributed by atoms with Crippen LogP contribution < -0.4 is 5.32 Å². The van der Waals surface area contributed by atoms with E-state index in [-0.39, 0.29) is 5.41 Å². The van der Waals surface area contributed by atoms with E-state index in [1.807, 2.05) is 18.2 Å². The van der Waals surface area contributed by atoms with E-state index in [2.05, 4.69) is 31.0 Å². The van der Waals surface area contributed by atoms with Crippen LogP contribution in [-0.2, 0) is 15.4 Å².